The summed E-state index contributed by atoms with van der Waals surface area (Å²) in [6.07, 6.45) is -4.21. The fourth-order valence-corrected chi connectivity index (χ4v) is 2.55. The molecule has 0 aromatic heterocycles. The van der Waals surface area contributed by atoms with Gasteiger partial charge in [-0.05, 0) is 31.5 Å². The molecule has 0 saturated carbocycles. The van der Waals surface area contributed by atoms with E-state index in [0.29, 0.717) is 6.42 Å². The molecular weight excluding hydrogens is 287 g/mol. The third-order valence-corrected chi connectivity index (χ3v) is 3.77. The minimum absolute atomic E-state index is 0.0808. The average molecular weight is 301 g/mol. The van der Waals surface area contributed by atoms with E-state index in [1.54, 1.807) is 6.92 Å². The van der Waals surface area contributed by atoms with Crippen LogP contribution in [0.25, 0.3) is 0 Å². The van der Waals surface area contributed by atoms with Gasteiger partial charge in [-0.1, -0.05) is 6.07 Å². The van der Waals surface area contributed by atoms with E-state index < -0.39 is 35.6 Å². The standard InChI is InChI=1S/C14H14F3NO3/c1-8-11(13(20)21)5-6-18(8)12(19)9-3-2-4-10(7-9)14(15,16)17/h2-4,7-8,11H,5-6H2,1H3,(H,20,21). The van der Waals surface area contributed by atoms with Crippen LogP contribution >= 0.6 is 0 Å². The number of aliphatic carboxylic acids is 1. The summed E-state index contributed by atoms with van der Waals surface area (Å²) in [7, 11) is 0. The van der Waals surface area contributed by atoms with Crippen molar-refractivity contribution in [2.75, 3.05) is 6.54 Å². The Morgan fingerprint density at radius 3 is 2.52 bits per heavy atom. The first-order valence-corrected chi connectivity index (χ1v) is 6.43. The zero-order valence-electron chi connectivity index (χ0n) is 11.2. The molecule has 2 unspecified atom stereocenters. The summed E-state index contributed by atoms with van der Waals surface area (Å²) in [5.41, 5.74) is -0.974. The molecule has 1 amide bonds. The van der Waals surface area contributed by atoms with E-state index in [1.807, 2.05) is 0 Å². The Hall–Kier alpha value is -2.05. The SMILES string of the molecule is CC1C(C(=O)O)CCN1C(=O)c1cccc(C(F)(F)F)c1. The van der Waals surface area contributed by atoms with Gasteiger partial charge in [0.1, 0.15) is 0 Å². The molecule has 1 aromatic carbocycles. The topological polar surface area (TPSA) is 57.6 Å². The molecule has 1 aliphatic rings. The summed E-state index contributed by atoms with van der Waals surface area (Å²) in [5, 5.41) is 9.02. The van der Waals surface area contributed by atoms with E-state index in [2.05, 4.69) is 0 Å². The molecule has 1 N–H and O–H groups in total. The number of carbonyl (C=O) groups is 2. The maximum atomic E-state index is 12.7. The third kappa shape index (κ3) is 3.01. The van der Waals surface area contributed by atoms with Crippen LogP contribution in [0.5, 0.6) is 0 Å². The lowest BCUT2D eigenvalue weighted by Crippen LogP contribution is -2.37. The van der Waals surface area contributed by atoms with Crippen LogP contribution in [0.15, 0.2) is 24.3 Å². The van der Waals surface area contributed by atoms with Gasteiger partial charge in [0.15, 0.2) is 0 Å². The van der Waals surface area contributed by atoms with Crippen molar-refractivity contribution in [1.82, 2.24) is 4.90 Å². The summed E-state index contributed by atoms with van der Waals surface area (Å²) < 4.78 is 38.0. The molecule has 2 rings (SSSR count). The van der Waals surface area contributed by atoms with Crippen LogP contribution in [0.3, 0.4) is 0 Å². The number of halogens is 3. The van der Waals surface area contributed by atoms with Crippen molar-refractivity contribution in [1.29, 1.82) is 0 Å². The van der Waals surface area contributed by atoms with Gasteiger partial charge in [0.2, 0.25) is 0 Å². The fraction of sp³-hybridized carbons (Fsp3) is 0.429. The van der Waals surface area contributed by atoms with Crippen molar-refractivity contribution in [2.45, 2.75) is 25.6 Å². The maximum absolute atomic E-state index is 12.7. The molecule has 7 heteroatoms. The number of hydrogen-bond donors (Lipinski definition) is 1. The van der Waals surface area contributed by atoms with Crippen LogP contribution in [0.4, 0.5) is 13.2 Å². The molecule has 0 spiro atoms. The van der Waals surface area contributed by atoms with Crippen molar-refractivity contribution in [3.8, 4) is 0 Å². The van der Waals surface area contributed by atoms with Gasteiger partial charge in [-0.15, -0.1) is 0 Å². The first-order valence-electron chi connectivity index (χ1n) is 6.43. The molecule has 0 aliphatic carbocycles. The summed E-state index contributed by atoms with van der Waals surface area (Å²) in [6.45, 7) is 1.82. The van der Waals surface area contributed by atoms with Gasteiger partial charge in [-0.25, -0.2) is 0 Å². The molecular formula is C14H14F3NO3. The van der Waals surface area contributed by atoms with Crippen LogP contribution < -0.4 is 0 Å². The number of alkyl halides is 3. The Labute approximate surface area is 119 Å². The second kappa shape index (κ2) is 5.38. The van der Waals surface area contributed by atoms with Gasteiger partial charge < -0.3 is 10.0 Å². The van der Waals surface area contributed by atoms with E-state index in [9.17, 15) is 22.8 Å². The molecule has 1 aliphatic heterocycles. The summed E-state index contributed by atoms with van der Waals surface area (Å²) in [4.78, 5) is 24.6. The van der Waals surface area contributed by atoms with E-state index in [4.69, 9.17) is 5.11 Å². The number of nitrogens with zero attached hydrogens (tertiary/aromatic N) is 1. The van der Waals surface area contributed by atoms with Crippen molar-refractivity contribution in [2.24, 2.45) is 5.92 Å². The quantitative estimate of drug-likeness (QED) is 0.913. The molecule has 0 bridgehead atoms. The predicted molar refractivity (Wildman–Crippen MR) is 67.7 cm³/mol. The highest BCUT2D eigenvalue weighted by atomic mass is 19.4. The monoisotopic (exact) mass is 301 g/mol. The fourth-order valence-electron chi connectivity index (χ4n) is 2.55. The van der Waals surface area contributed by atoms with Crippen molar-refractivity contribution in [3.63, 3.8) is 0 Å². The van der Waals surface area contributed by atoms with Gasteiger partial charge in [-0.2, -0.15) is 13.2 Å². The van der Waals surface area contributed by atoms with Crippen LogP contribution in [0.2, 0.25) is 0 Å². The first kappa shape index (κ1) is 15.3. The van der Waals surface area contributed by atoms with E-state index in [0.717, 1.165) is 12.1 Å². The van der Waals surface area contributed by atoms with Crippen molar-refractivity contribution in [3.05, 3.63) is 35.4 Å². The molecule has 0 radical (unpaired) electrons. The number of rotatable bonds is 2. The van der Waals surface area contributed by atoms with E-state index in [1.165, 1.54) is 17.0 Å². The van der Waals surface area contributed by atoms with Gasteiger partial charge in [0.25, 0.3) is 5.91 Å². The highest BCUT2D eigenvalue weighted by Crippen LogP contribution is 2.31. The van der Waals surface area contributed by atoms with E-state index in [-0.39, 0.29) is 12.1 Å². The lowest BCUT2D eigenvalue weighted by molar-refractivity contribution is -0.142. The predicted octanol–water partition coefficient (Wildman–Crippen LogP) is 2.64. The number of benzene rings is 1. The smallest absolute Gasteiger partial charge is 0.416 e. The zero-order chi connectivity index (χ0) is 15.8. The highest BCUT2D eigenvalue weighted by Gasteiger charge is 2.39. The maximum Gasteiger partial charge on any atom is 0.416 e. The van der Waals surface area contributed by atoms with Gasteiger partial charge in [0, 0.05) is 18.2 Å². The molecule has 114 valence electrons. The number of amides is 1. The number of carboxylic acids is 1. The Morgan fingerprint density at radius 2 is 2.00 bits per heavy atom. The second-order valence-electron chi connectivity index (χ2n) is 5.05. The normalized spacial score (nSPS) is 22.4. The summed E-state index contributed by atoms with van der Waals surface area (Å²) in [6, 6.07) is 3.63. The van der Waals surface area contributed by atoms with Gasteiger partial charge in [0.05, 0.1) is 11.5 Å². The van der Waals surface area contributed by atoms with Gasteiger partial charge in [-0.3, -0.25) is 9.59 Å². The zero-order valence-corrected chi connectivity index (χ0v) is 11.2. The highest BCUT2D eigenvalue weighted by molar-refractivity contribution is 5.95. The van der Waals surface area contributed by atoms with Crippen molar-refractivity contribution >= 4 is 11.9 Å². The Balaban J connectivity index is 2.24. The van der Waals surface area contributed by atoms with Gasteiger partial charge >= 0.3 is 12.1 Å². The molecule has 1 heterocycles. The lowest BCUT2D eigenvalue weighted by Gasteiger charge is -2.23. The minimum Gasteiger partial charge on any atom is -0.481 e. The van der Waals surface area contributed by atoms with Crippen LogP contribution in [0.1, 0.15) is 29.3 Å². The van der Waals surface area contributed by atoms with Crippen LogP contribution in [-0.2, 0) is 11.0 Å². The third-order valence-electron chi connectivity index (χ3n) is 3.77. The molecule has 21 heavy (non-hydrogen) atoms. The van der Waals surface area contributed by atoms with Crippen LogP contribution in [0, 0.1) is 5.92 Å². The largest absolute Gasteiger partial charge is 0.481 e. The second-order valence-corrected chi connectivity index (χ2v) is 5.05. The van der Waals surface area contributed by atoms with E-state index >= 15 is 0 Å². The number of hydrogen-bond acceptors (Lipinski definition) is 2. The average Bonchev–Trinajstić information content (AvgIpc) is 2.79. The number of carbonyl (C=O) groups excluding carboxylic acids is 1. The minimum atomic E-state index is -4.52. The van der Waals surface area contributed by atoms with Crippen LogP contribution in [-0.4, -0.2) is 34.5 Å². The summed E-state index contributed by atoms with van der Waals surface area (Å²) >= 11 is 0. The van der Waals surface area contributed by atoms with Crippen molar-refractivity contribution < 1.29 is 27.9 Å². The first-order chi connectivity index (χ1) is 9.71. The molecule has 1 fully saturated rings. The molecule has 1 saturated heterocycles. The Kier molecular flexibility index (Phi) is 3.93. The number of likely N-dealkylation sites (tertiary alicyclic amines) is 1. The molecule has 4 nitrogen and oxygen atoms in total. The number of carboxylic acid groups (broad SMARTS) is 1. The Morgan fingerprint density at radius 1 is 1.33 bits per heavy atom. The molecule has 1 aromatic rings. The molecule has 2 atom stereocenters. The summed E-state index contributed by atoms with van der Waals surface area (Å²) in [5.74, 6) is -2.25. The Bertz CT molecular complexity index is 571. The lowest BCUT2D eigenvalue weighted by atomic mass is 10.0.